The second kappa shape index (κ2) is 6.39. The molecule has 1 aliphatic rings. The molecule has 6 heteroatoms. The molecule has 3 rings (SSSR count). The van der Waals surface area contributed by atoms with E-state index in [1.54, 1.807) is 6.33 Å². The monoisotopic (exact) mass is 289 g/mol. The standard InChI is InChI=1S/C15H23N5O/c1-3-7-19(10-13-6-4-5-8-21-13)14-9-12(2)18-15-16-11-17-20(14)15/h9,11,13H,3-8,10H2,1-2H3. The van der Waals surface area contributed by atoms with Crippen molar-refractivity contribution in [1.82, 2.24) is 19.6 Å². The van der Waals surface area contributed by atoms with Crippen LogP contribution in [0.25, 0.3) is 5.78 Å². The average molecular weight is 289 g/mol. The van der Waals surface area contributed by atoms with Crippen molar-refractivity contribution in [2.45, 2.75) is 45.6 Å². The first-order valence-corrected chi connectivity index (χ1v) is 7.82. The third kappa shape index (κ3) is 3.15. The maximum absolute atomic E-state index is 5.90. The summed E-state index contributed by atoms with van der Waals surface area (Å²) < 4.78 is 7.72. The van der Waals surface area contributed by atoms with Crippen LogP contribution in [0.2, 0.25) is 0 Å². The van der Waals surface area contributed by atoms with E-state index in [0.29, 0.717) is 11.9 Å². The van der Waals surface area contributed by atoms with Crippen LogP contribution >= 0.6 is 0 Å². The summed E-state index contributed by atoms with van der Waals surface area (Å²) in [7, 11) is 0. The van der Waals surface area contributed by atoms with Gasteiger partial charge in [-0.05, 0) is 32.6 Å². The highest BCUT2D eigenvalue weighted by Gasteiger charge is 2.20. The van der Waals surface area contributed by atoms with Crippen LogP contribution in [0.4, 0.5) is 5.82 Å². The molecule has 21 heavy (non-hydrogen) atoms. The molecule has 0 aromatic carbocycles. The second-order valence-corrected chi connectivity index (χ2v) is 5.66. The Kier molecular flexibility index (Phi) is 4.34. The molecule has 2 aromatic rings. The fourth-order valence-corrected chi connectivity index (χ4v) is 2.90. The fourth-order valence-electron chi connectivity index (χ4n) is 2.90. The number of fused-ring (bicyclic) bond motifs is 1. The Morgan fingerprint density at radius 1 is 1.43 bits per heavy atom. The number of anilines is 1. The van der Waals surface area contributed by atoms with Crippen LogP contribution in [0, 0.1) is 6.92 Å². The van der Waals surface area contributed by atoms with Crippen LogP contribution in [-0.4, -0.2) is 45.4 Å². The van der Waals surface area contributed by atoms with E-state index >= 15 is 0 Å². The Labute approximate surface area is 125 Å². The quantitative estimate of drug-likeness (QED) is 0.844. The Morgan fingerprint density at radius 3 is 3.10 bits per heavy atom. The van der Waals surface area contributed by atoms with Gasteiger partial charge >= 0.3 is 0 Å². The fraction of sp³-hybridized carbons (Fsp3) is 0.667. The SMILES string of the molecule is CCCN(CC1CCCCO1)c1cc(C)nc2ncnn12. The van der Waals surface area contributed by atoms with Crippen molar-refractivity contribution in [2.24, 2.45) is 0 Å². The van der Waals surface area contributed by atoms with E-state index in [9.17, 15) is 0 Å². The van der Waals surface area contributed by atoms with E-state index in [1.165, 1.54) is 12.8 Å². The van der Waals surface area contributed by atoms with E-state index in [2.05, 4.69) is 33.0 Å². The smallest absolute Gasteiger partial charge is 0.254 e. The third-order valence-corrected chi connectivity index (χ3v) is 3.88. The van der Waals surface area contributed by atoms with E-state index < -0.39 is 0 Å². The number of aryl methyl sites for hydroxylation is 1. The minimum atomic E-state index is 0.317. The zero-order valence-corrected chi connectivity index (χ0v) is 12.8. The summed E-state index contributed by atoms with van der Waals surface area (Å²) in [6, 6.07) is 2.08. The molecule has 1 fully saturated rings. The lowest BCUT2D eigenvalue weighted by Gasteiger charge is -2.31. The second-order valence-electron chi connectivity index (χ2n) is 5.66. The molecule has 0 bridgehead atoms. The summed E-state index contributed by atoms with van der Waals surface area (Å²) in [5.74, 6) is 1.72. The zero-order valence-electron chi connectivity index (χ0n) is 12.8. The molecule has 0 N–H and O–H groups in total. The molecule has 0 saturated carbocycles. The molecule has 0 radical (unpaired) electrons. The predicted octanol–water partition coefficient (Wildman–Crippen LogP) is 2.22. The van der Waals surface area contributed by atoms with Gasteiger partial charge in [-0.3, -0.25) is 0 Å². The molecule has 1 saturated heterocycles. The summed E-state index contributed by atoms with van der Waals surface area (Å²) in [6.07, 6.45) is 6.56. The van der Waals surface area contributed by atoms with Crippen molar-refractivity contribution >= 4 is 11.6 Å². The van der Waals surface area contributed by atoms with Gasteiger partial charge in [0.25, 0.3) is 5.78 Å². The van der Waals surface area contributed by atoms with E-state index in [1.807, 2.05) is 11.4 Å². The third-order valence-electron chi connectivity index (χ3n) is 3.88. The Bertz CT molecular complexity index is 591. The largest absolute Gasteiger partial charge is 0.376 e. The van der Waals surface area contributed by atoms with E-state index in [-0.39, 0.29) is 0 Å². The molecule has 0 aliphatic carbocycles. The van der Waals surface area contributed by atoms with E-state index in [4.69, 9.17) is 4.74 Å². The normalized spacial score (nSPS) is 19.0. The van der Waals surface area contributed by atoms with Crippen molar-refractivity contribution in [3.05, 3.63) is 18.1 Å². The first-order chi connectivity index (χ1) is 10.3. The van der Waals surface area contributed by atoms with Gasteiger partial charge in [-0.15, -0.1) is 0 Å². The first-order valence-electron chi connectivity index (χ1n) is 7.82. The van der Waals surface area contributed by atoms with Crippen molar-refractivity contribution in [2.75, 3.05) is 24.6 Å². The van der Waals surface area contributed by atoms with Crippen molar-refractivity contribution in [3.63, 3.8) is 0 Å². The van der Waals surface area contributed by atoms with Gasteiger partial charge in [0, 0.05) is 31.5 Å². The highest BCUT2D eigenvalue weighted by molar-refractivity contribution is 5.47. The average Bonchev–Trinajstić information content (AvgIpc) is 2.95. The minimum Gasteiger partial charge on any atom is -0.376 e. The van der Waals surface area contributed by atoms with Gasteiger partial charge in [0.1, 0.15) is 12.1 Å². The summed E-state index contributed by atoms with van der Waals surface area (Å²) >= 11 is 0. The molecule has 2 aromatic heterocycles. The molecular weight excluding hydrogens is 266 g/mol. The Balaban J connectivity index is 1.88. The van der Waals surface area contributed by atoms with Gasteiger partial charge in [-0.1, -0.05) is 6.92 Å². The van der Waals surface area contributed by atoms with E-state index in [0.717, 1.165) is 44.0 Å². The van der Waals surface area contributed by atoms with Crippen LogP contribution in [0.5, 0.6) is 0 Å². The molecular formula is C15H23N5O. The topological polar surface area (TPSA) is 55.5 Å². The lowest BCUT2D eigenvalue weighted by molar-refractivity contribution is 0.0208. The van der Waals surface area contributed by atoms with Crippen molar-refractivity contribution < 1.29 is 4.74 Å². The molecule has 0 spiro atoms. The van der Waals surface area contributed by atoms with Gasteiger partial charge < -0.3 is 9.64 Å². The summed E-state index contributed by atoms with van der Waals surface area (Å²) in [5.41, 5.74) is 0.969. The Hall–Kier alpha value is -1.69. The number of aromatic nitrogens is 4. The minimum absolute atomic E-state index is 0.317. The molecule has 1 aliphatic heterocycles. The van der Waals surface area contributed by atoms with Crippen LogP contribution < -0.4 is 4.90 Å². The summed E-state index contributed by atoms with van der Waals surface area (Å²) in [6.45, 7) is 6.98. The summed E-state index contributed by atoms with van der Waals surface area (Å²) in [5, 5.41) is 4.32. The molecule has 3 heterocycles. The number of rotatable bonds is 5. The predicted molar refractivity (Wildman–Crippen MR) is 81.6 cm³/mol. The van der Waals surface area contributed by atoms with Crippen molar-refractivity contribution in [3.8, 4) is 0 Å². The lowest BCUT2D eigenvalue weighted by atomic mass is 10.1. The molecule has 0 amide bonds. The van der Waals surface area contributed by atoms with Crippen LogP contribution in [-0.2, 0) is 4.74 Å². The van der Waals surface area contributed by atoms with Crippen LogP contribution in [0.3, 0.4) is 0 Å². The highest BCUT2D eigenvalue weighted by atomic mass is 16.5. The van der Waals surface area contributed by atoms with Crippen molar-refractivity contribution in [1.29, 1.82) is 0 Å². The van der Waals surface area contributed by atoms with Gasteiger partial charge in [-0.2, -0.15) is 14.6 Å². The molecule has 1 atom stereocenters. The molecule has 114 valence electrons. The first kappa shape index (κ1) is 14.3. The number of nitrogens with zero attached hydrogens (tertiary/aromatic N) is 5. The van der Waals surface area contributed by atoms with Crippen LogP contribution in [0.1, 0.15) is 38.3 Å². The lowest BCUT2D eigenvalue weighted by Crippen LogP contribution is -2.37. The summed E-state index contributed by atoms with van der Waals surface area (Å²) in [4.78, 5) is 11.0. The maximum Gasteiger partial charge on any atom is 0.254 e. The molecule has 6 nitrogen and oxygen atoms in total. The number of ether oxygens (including phenoxy) is 1. The number of hydrogen-bond donors (Lipinski definition) is 0. The Morgan fingerprint density at radius 2 is 2.33 bits per heavy atom. The van der Waals surface area contributed by atoms with Gasteiger partial charge in [0.15, 0.2) is 0 Å². The van der Waals surface area contributed by atoms with Gasteiger partial charge in [-0.25, -0.2) is 4.98 Å². The maximum atomic E-state index is 5.90. The zero-order chi connectivity index (χ0) is 14.7. The number of hydrogen-bond acceptors (Lipinski definition) is 5. The van der Waals surface area contributed by atoms with Gasteiger partial charge in [0.05, 0.1) is 6.10 Å². The molecule has 1 unspecified atom stereocenters. The van der Waals surface area contributed by atoms with Gasteiger partial charge in [0.2, 0.25) is 0 Å². The highest BCUT2D eigenvalue weighted by Crippen LogP contribution is 2.20. The van der Waals surface area contributed by atoms with Crippen LogP contribution in [0.15, 0.2) is 12.4 Å².